The third-order valence-electron chi connectivity index (χ3n) is 3.23. The van der Waals surface area contributed by atoms with E-state index in [1.165, 1.54) is 0 Å². The molecule has 1 fully saturated rings. The summed E-state index contributed by atoms with van der Waals surface area (Å²) in [5, 5.41) is 9.13. The molecular formula is C14H19NO4. The van der Waals surface area contributed by atoms with Gasteiger partial charge in [0, 0.05) is 6.54 Å². The standard InChI is InChI=1S/C14H19NO4/c1-14(2)18-8-12(19-14)10-5-3-4-9(6-10)11(7-15)13(16)17/h3-6,11-12H,7-8,15H2,1-2H3,(H,16,17). The number of carboxylic acid groups (broad SMARTS) is 1. The van der Waals surface area contributed by atoms with Crippen molar-refractivity contribution in [3.63, 3.8) is 0 Å². The third-order valence-corrected chi connectivity index (χ3v) is 3.23. The van der Waals surface area contributed by atoms with Gasteiger partial charge in [-0.1, -0.05) is 24.3 Å². The predicted molar refractivity (Wildman–Crippen MR) is 69.7 cm³/mol. The lowest BCUT2D eigenvalue weighted by molar-refractivity contribution is -0.139. The van der Waals surface area contributed by atoms with Gasteiger partial charge in [-0.25, -0.2) is 0 Å². The van der Waals surface area contributed by atoms with Gasteiger partial charge in [-0.05, 0) is 25.0 Å². The van der Waals surface area contributed by atoms with Gasteiger partial charge in [-0.2, -0.15) is 0 Å². The fourth-order valence-corrected chi connectivity index (χ4v) is 2.21. The van der Waals surface area contributed by atoms with Crippen LogP contribution in [0.1, 0.15) is 37.0 Å². The lowest BCUT2D eigenvalue weighted by Crippen LogP contribution is -2.21. The highest BCUT2D eigenvalue weighted by Crippen LogP contribution is 2.33. The molecule has 104 valence electrons. The van der Waals surface area contributed by atoms with Crippen LogP contribution >= 0.6 is 0 Å². The van der Waals surface area contributed by atoms with E-state index in [1.807, 2.05) is 32.0 Å². The lowest BCUT2D eigenvalue weighted by Gasteiger charge is -2.18. The van der Waals surface area contributed by atoms with Crippen LogP contribution in [-0.4, -0.2) is 30.0 Å². The van der Waals surface area contributed by atoms with Crippen LogP contribution in [0.3, 0.4) is 0 Å². The summed E-state index contributed by atoms with van der Waals surface area (Å²) < 4.78 is 11.3. The van der Waals surface area contributed by atoms with Gasteiger partial charge in [-0.3, -0.25) is 4.79 Å². The summed E-state index contributed by atoms with van der Waals surface area (Å²) in [6.45, 7) is 4.26. The number of carbonyl (C=O) groups is 1. The first-order valence-electron chi connectivity index (χ1n) is 6.27. The first-order valence-corrected chi connectivity index (χ1v) is 6.27. The second kappa shape index (κ2) is 5.28. The van der Waals surface area contributed by atoms with Crippen molar-refractivity contribution in [2.45, 2.75) is 31.7 Å². The first-order chi connectivity index (χ1) is 8.93. The largest absolute Gasteiger partial charge is 0.481 e. The van der Waals surface area contributed by atoms with E-state index in [0.29, 0.717) is 12.2 Å². The number of hydrogen-bond donors (Lipinski definition) is 2. The zero-order valence-electron chi connectivity index (χ0n) is 11.1. The molecule has 3 N–H and O–H groups in total. The second-order valence-corrected chi connectivity index (χ2v) is 5.11. The van der Waals surface area contributed by atoms with E-state index in [4.69, 9.17) is 20.3 Å². The number of nitrogens with two attached hydrogens (primary N) is 1. The fourth-order valence-electron chi connectivity index (χ4n) is 2.21. The van der Waals surface area contributed by atoms with Crippen LogP contribution < -0.4 is 5.73 Å². The summed E-state index contributed by atoms with van der Waals surface area (Å²) in [6.07, 6.45) is -0.165. The minimum absolute atomic E-state index is 0.0757. The SMILES string of the molecule is CC1(C)OCC(c2cccc(C(CN)C(=O)O)c2)O1. The highest BCUT2D eigenvalue weighted by molar-refractivity contribution is 5.76. The van der Waals surface area contributed by atoms with Crippen LogP contribution in [0.15, 0.2) is 24.3 Å². The third kappa shape index (κ3) is 3.12. The minimum Gasteiger partial charge on any atom is -0.481 e. The molecule has 0 amide bonds. The van der Waals surface area contributed by atoms with E-state index < -0.39 is 17.7 Å². The molecule has 0 aliphatic carbocycles. The molecule has 1 aromatic carbocycles. The highest BCUT2D eigenvalue weighted by atomic mass is 16.7. The number of ether oxygens (including phenoxy) is 2. The van der Waals surface area contributed by atoms with E-state index in [1.54, 1.807) is 6.07 Å². The molecule has 2 rings (SSSR count). The van der Waals surface area contributed by atoms with Crippen LogP contribution in [0, 0.1) is 0 Å². The van der Waals surface area contributed by atoms with Gasteiger partial charge in [0.2, 0.25) is 0 Å². The van der Waals surface area contributed by atoms with Crippen LogP contribution in [-0.2, 0) is 14.3 Å². The van der Waals surface area contributed by atoms with Crippen LogP contribution in [0.25, 0.3) is 0 Å². The lowest BCUT2D eigenvalue weighted by atomic mass is 9.96. The Balaban J connectivity index is 2.22. The Labute approximate surface area is 112 Å². The van der Waals surface area contributed by atoms with Gasteiger partial charge in [0.25, 0.3) is 0 Å². The van der Waals surface area contributed by atoms with E-state index in [0.717, 1.165) is 5.56 Å². The average molecular weight is 265 g/mol. The summed E-state index contributed by atoms with van der Waals surface area (Å²) in [4.78, 5) is 11.1. The van der Waals surface area contributed by atoms with Crippen LogP contribution in [0.5, 0.6) is 0 Å². The average Bonchev–Trinajstić information content (AvgIpc) is 2.71. The van der Waals surface area contributed by atoms with Gasteiger partial charge in [-0.15, -0.1) is 0 Å². The fraction of sp³-hybridized carbons (Fsp3) is 0.500. The summed E-state index contributed by atoms with van der Waals surface area (Å²) in [7, 11) is 0. The quantitative estimate of drug-likeness (QED) is 0.864. The van der Waals surface area contributed by atoms with E-state index in [2.05, 4.69) is 0 Å². The predicted octanol–water partition coefficient (Wildman–Crippen LogP) is 1.64. The molecule has 2 atom stereocenters. The van der Waals surface area contributed by atoms with Gasteiger partial charge in [0.1, 0.15) is 6.10 Å². The Morgan fingerprint density at radius 1 is 1.58 bits per heavy atom. The molecule has 1 aromatic rings. The maximum Gasteiger partial charge on any atom is 0.312 e. The summed E-state index contributed by atoms with van der Waals surface area (Å²) >= 11 is 0. The van der Waals surface area contributed by atoms with Crippen molar-refractivity contribution >= 4 is 5.97 Å². The van der Waals surface area contributed by atoms with Crippen molar-refractivity contribution in [2.24, 2.45) is 5.73 Å². The smallest absolute Gasteiger partial charge is 0.312 e. The maximum absolute atomic E-state index is 11.1. The number of aliphatic carboxylic acids is 1. The zero-order chi connectivity index (χ0) is 14.0. The normalized spacial score (nSPS) is 23.2. The molecule has 0 radical (unpaired) electrons. The van der Waals surface area contributed by atoms with Gasteiger partial charge in [0.05, 0.1) is 12.5 Å². The molecule has 5 nitrogen and oxygen atoms in total. The van der Waals surface area contributed by atoms with Gasteiger partial charge < -0.3 is 20.3 Å². The molecule has 0 spiro atoms. The van der Waals surface area contributed by atoms with Gasteiger partial charge in [0.15, 0.2) is 5.79 Å². The molecular weight excluding hydrogens is 246 g/mol. The van der Waals surface area contributed by atoms with Crippen molar-refractivity contribution < 1.29 is 19.4 Å². The van der Waals surface area contributed by atoms with Gasteiger partial charge >= 0.3 is 5.97 Å². The monoisotopic (exact) mass is 265 g/mol. The Morgan fingerprint density at radius 3 is 2.84 bits per heavy atom. The van der Waals surface area contributed by atoms with Crippen molar-refractivity contribution in [2.75, 3.05) is 13.2 Å². The number of carboxylic acids is 1. The molecule has 0 bridgehead atoms. The summed E-state index contributed by atoms with van der Waals surface area (Å²) in [5.74, 6) is -2.19. The van der Waals surface area contributed by atoms with E-state index in [-0.39, 0.29) is 12.6 Å². The maximum atomic E-state index is 11.1. The molecule has 1 aliphatic rings. The van der Waals surface area contributed by atoms with Crippen LogP contribution in [0.2, 0.25) is 0 Å². The Hall–Kier alpha value is -1.43. The first kappa shape index (κ1) is 14.0. The molecule has 5 heteroatoms. The zero-order valence-corrected chi connectivity index (χ0v) is 11.1. The molecule has 0 aromatic heterocycles. The Kier molecular flexibility index (Phi) is 3.89. The molecule has 0 saturated carbocycles. The van der Waals surface area contributed by atoms with E-state index in [9.17, 15) is 4.79 Å². The Bertz CT molecular complexity index is 472. The van der Waals surface area contributed by atoms with Crippen LogP contribution in [0.4, 0.5) is 0 Å². The number of rotatable bonds is 4. The minimum atomic E-state index is -0.913. The topological polar surface area (TPSA) is 81.8 Å². The van der Waals surface area contributed by atoms with Crippen molar-refractivity contribution in [1.82, 2.24) is 0 Å². The summed E-state index contributed by atoms with van der Waals surface area (Å²) in [5.41, 5.74) is 7.13. The number of benzene rings is 1. The van der Waals surface area contributed by atoms with Crippen molar-refractivity contribution in [3.8, 4) is 0 Å². The summed E-state index contributed by atoms with van der Waals surface area (Å²) in [6, 6.07) is 7.34. The van der Waals surface area contributed by atoms with E-state index >= 15 is 0 Å². The molecule has 1 heterocycles. The second-order valence-electron chi connectivity index (χ2n) is 5.11. The number of hydrogen-bond acceptors (Lipinski definition) is 4. The molecule has 19 heavy (non-hydrogen) atoms. The Morgan fingerprint density at radius 2 is 2.32 bits per heavy atom. The van der Waals surface area contributed by atoms with Crippen molar-refractivity contribution in [1.29, 1.82) is 0 Å². The molecule has 1 saturated heterocycles. The highest BCUT2D eigenvalue weighted by Gasteiger charge is 2.33. The molecule has 2 unspecified atom stereocenters. The molecule has 1 aliphatic heterocycles. The van der Waals surface area contributed by atoms with Crippen molar-refractivity contribution in [3.05, 3.63) is 35.4 Å².